The van der Waals surface area contributed by atoms with Gasteiger partial charge in [-0.2, -0.15) is 0 Å². The summed E-state index contributed by atoms with van der Waals surface area (Å²) in [6.07, 6.45) is 0. The first-order valence-electron chi connectivity index (χ1n) is 3.43. The predicted octanol–water partition coefficient (Wildman–Crippen LogP) is 0.717. The number of hydrogen-bond donors (Lipinski definition) is 2. The van der Waals surface area contributed by atoms with Crippen molar-refractivity contribution in [1.29, 1.82) is 0 Å². The number of nitrogens with two attached hydrogens (primary N) is 1. The molecule has 11 heavy (non-hydrogen) atoms. The number of aryl methyl sites for hydroxylation is 2. The molecule has 3 N–H and O–H groups in total. The molecule has 0 aliphatic heterocycles. The highest BCUT2D eigenvalue weighted by atomic mass is 15.0. The monoisotopic (exact) mass is 152 g/mol. The first kappa shape index (κ1) is 7.78. The highest BCUT2D eigenvalue weighted by molar-refractivity contribution is 5.63. The van der Waals surface area contributed by atoms with Gasteiger partial charge in [-0.3, -0.25) is 0 Å². The molecule has 60 valence electrons. The van der Waals surface area contributed by atoms with Crippen LogP contribution in [-0.4, -0.2) is 17.0 Å². The zero-order chi connectivity index (χ0) is 8.43. The van der Waals surface area contributed by atoms with Crippen molar-refractivity contribution >= 4 is 11.5 Å². The Morgan fingerprint density at radius 2 is 1.91 bits per heavy atom. The van der Waals surface area contributed by atoms with E-state index >= 15 is 0 Å². The highest BCUT2D eigenvalue weighted by Gasteiger charge is 2.03. The predicted molar refractivity (Wildman–Crippen MR) is 45.5 cm³/mol. The van der Waals surface area contributed by atoms with E-state index in [-0.39, 0.29) is 0 Å². The summed E-state index contributed by atoms with van der Waals surface area (Å²) in [7, 11) is 1.80. The van der Waals surface area contributed by atoms with Crippen LogP contribution in [0.2, 0.25) is 0 Å². The second kappa shape index (κ2) is 2.74. The third kappa shape index (κ3) is 1.39. The molecule has 0 saturated heterocycles. The van der Waals surface area contributed by atoms with Crippen LogP contribution in [0.15, 0.2) is 0 Å². The van der Waals surface area contributed by atoms with Gasteiger partial charge in [0.25, 0.3) is 0 Å². The van der Waals surface area contributed by atoms with Crippen LogP contribution < -0.4 is 11.1 Å². The number of nitrogens with zero attached hydrogens (tertiary/aromatic N) is 2. The molecule has 1 aromatic rings. The topological polar surface area (TPSA) is 63.8 Å². The molecule has 0 atom stereocenters. The molecule has 1 rings (SSSR count). The minimum atomic E-state index is 0.512. The van der Waals surface area contributed by atoms with Gasteiger partial charge in [-0.15, -0.1) is 0 Å². The normalized spacial score (nSPS) is 9.73. The number of nitrogen functional groups attached to an aromatic ring is 1. The Bertz CT molecular complexity index is 246. The van der Waals surface area contributed by atoms with Crippen molar-refractivity contribution in [3.8, 4) is 0 Å². The highest BCUT2D eigenvalue weighted by Crippen LogP contribution is 2.17. The lowest BCUT2D eigenvalue weighted by atomic mass is 10.3. The Balaban J connectivity index is 3.25. The Morgan fingerprint density at radius 3 is 2.36 bits per heavy atom. The molecule has 0 aromatic carbocycles. The van der Waals surface area contributed by atoms with Gasteiger partial charge in [0.2, 0.25) is 0 Å². The van der Waals surface area contributed by atoms with Crippen molar-refractivity contribution in [2.24, 2.45) is 0 Å². The molecule has 0 spiro atoms. The lowest BCUT2D eigenvalue weighted by Gasteiger charge is -2.06. The average Bonchev–Trinajstić information content (AvgIpc) is 1.85. The maximum Gasteiger partial charge on any atom is 0.150 e. The number of aromatic nitrogens is 2. The van der Waals surface area contributed by atoms with Crippen molar-refractivity contribution in [3.05, 3.63) is 11.5 Å². The summed E-state index contributed by atoms with van der Waals surface area (Å²) in [6.45, 7) is 3.72. The zero-order valence-electron chi connectivity index (χ0n) is 6.97. The van der Waals surface area contributed by atoms with E-state index in [2.05, 4.69) is 15.3 Å². The van der Waals surface area contributed by atoms with Crippen LogP contribution in [0.4, 0.5) is 11.5 Å². The van der Waals surface area contributed by atoms with Crippen LogP contribution in [0.3, 0.4) is 0 Å². The minimum Gasteiger partial charge on any atom is -0.384 e. The van der Waals surface area contributed by atoms with Crippen molar-refractivity contribution < 1.29 is 0 Å². The molecule has 4 heteroatoms. The number of rotatable bonds is 1. The van der Waals surface area contributed by atoms with Crippen molar-refractivity contribution in [1.82, 2.24) is 9.97 Å². The number of hydrogen-bond acceptors (Lipinski definition) is 4. The lowest BCUT2D eigenvalue weighted by Crippen LogP contribution is -2.04. The van der Waals surface area contributed by atoms with Gasteiger partial charge in [0.05, 0.1) is 11.4 Å². The number of nitrogens with one attached hydrogen (secondary N) is 1. The van der Waals surface area contributed by atoms with E-state index in [0.717, 1.165) is 11.4 Å². The quantitative estimate of drug-likeness (QED) is 0.622. The van der Waals surface area contributed by atoms with E-state index in [4.69, 9.17) is 5.73 Å². The van der Waals surface area contributed by atoms with E-state index in [1.807, 2.05) is 13.8 Å². The third-order valence-electron chi connectivity index (χ3n) is 1.48. The van der Waals surface area contributed by atoms with E-state index in [9.17, 15) is 0 Å². The summed E-state index contributed by atoms with van der Waals surface area (Å²) in [5.74, 6) is 1.22. The van der Waals surface area contributed by atoms with Crippen molar-refractivity contribution in [2.75, 3.05) is 18.1 Å². The first-order chi connectivity index (χ1) is 5.15. The van der Waals surface area contributed by atoms with E-state index in [1.165, 1.54) is 0 Å². The Morgan fingerprint density at radius 1 is 1.27 bits per heavy atom. The molecule has 4 nitrogen and oxygen atoms in total. The maximum absolute atomic E-state index is 5.62. The van der Waals surface area contributed by atoms with E-state index in [0.29, 0.717) is 11.6 Å². The largest absolute Gasteiger partial charge is 0.384 e. The Kier molecular flexibility index (Phi) is 1.94. The smallest absolute Gasteiger partial charge is 0.150 e. The summed E-state index contributed by atoms with van der Waals surface area (Å²) >= 11 is 0. The fourth-order valence-electron chi connectivity index (χ4n) is 1.05. The molecule has 0 amide bonds. The second-order valence-corrected chi connectivity index (χ2v) is 2.37. The maximum atomic E-state index is 5.62. The van der Waals surface area contributed by atoms with Crippen LogP contribution in [0.5, 0.6) is 0 Å². The van der Waals surface area contributed by atoms with E-state index in [1.54, 1.807) is 7.05 Å². The Hall–Kier alpha value is -1.32. The van der Waals surface area contributed by atoms with Crippen LogP contribution in [-0.2, 0) is 0 Å². The standard InChI is InChI=1S/C7H12N4/c1-4-6(9-3)7(8)11-5(2)10-4/h9H,1-3H3,(H2,8,10,11). The third-order valence-corrected chi connectivity index (χ3v) is 1.48. The molecule has 0 unspecified atom stereocenters. The lowest BCUT2D eigenvalue weighted by molar-refractivity contribution is 1.02. The van der Waals surface area contributed by atoms with Crippen LogP contribution >= 0.6 is 0 Å². The molecule has 0 fully saturated rings. The van der Waals surface area contributed by atoms with Gasteiger partial charge in [-0.05, 0) is 13.8 Å². The molecule has 0 aliphatic carbocycles. The van der Waals surface area contributed by atoms with Gasteiger partial charge in [-0.25, -0.2) is 9.97 Å². The van der Waals surface area contributed by atoms with Crippen molar-refractivity contribution in [3.63, 3.8) is 0 Å². The summed E-state index contributed by atoms with van der Waals surface area (Å²) in [5, 5.41) is 2.94. The van der Waals surface area contributed by atoms with Gasteiger partial charge in [0.15, 0.2) is 5.82 Å². The average molecular weight is 152 g/mol. The fraction of sp³-hybridized carbons (Fsp3) is 0.429. The van der Waals surface area contributed by atoms with Gasteiger partial charge in [-0.1, -0.05) is 0 Å². The summed E-state index contributed by atoms with van der Waals surface area (Å²) < 4.78 is 0. The van der Waals surface area contributed by atoms with Gasteiger partial charge in [0.1, 0.15) is 5.82 Å². The molecule has 0 radical (unpaired) electrons. The first-order valence-corrected chi connectivity index (χ1v) is 3.43. The molecule has 0 bridgehead atoms. The number of anilines is 2. The minimum absolute atomic E-state index is 0.512. The SMILES string of the molecule is CNc1c(C)nc(C)nc1N. The molecule has 0 saturated carbocycles. The molecule has 1 aromatic heterocycles. The van der Waals surface area contributed by atoms with Crippen LogP contribution in [0, 0.1) is 13.8 Å². The summed E-state index contributed by atoms with van der Waals surface area (Å²) in [4.78, 5) is 8.16. The van der Waals surface area contributed by atoms with Gasteiger partial charge in [0, 0.05) is 7.05 Å². The van der Waals surface area contributed by atoms with Crippen molar-refractivity contribution in [2.45, 2.75) is 13.8 Å². The summed E-state index contributed by atoms with van der Waals surface area (Å²) in [5.41, 5.74) is 7.32. The van der Waals surface area contributed by atoms with Gasteiger partial charge < -0.3 is 11.1 Å². The zero-order valence-corrected chi connectivity index (χ0v) is 6.97. The fourth-order valence-corrected chi connectivity index (χ4v) is 1.05. The Labute approximate surface area is 65.9 Å². The van der Waals surface area contributed by atoms with Crippen LogP contribution in [0.1, 0.15) is 11.5 Å². The molecule has 1 heterocycles. The van der Waals surface area contributed by atoms with E-state index < -0.39 is 0 Å². The van der Waals surface area contributed by atoms with Gasteiger partial charge >= 0.3 is 0 Å². The summed E-state index contributed by atoms with van der Waals surface area (Å²) in [6, 6.07) is 0. The van der Waals surface area contributed by atoms with Crippen LogP contribution in [0.25, 0.3) is 0 Å². The molecular weight excluding hydrogens is 140 g/mol. The molecular formula is C7H12N4. The second-order valence-electron chi connectivity index (χ2n) is 2.37. The molecule has 0 aliphatic rings.